The largest absolute Gasteiger partial charge is 0.506 e. The van der Waals surface area contributed by atoms with Crippen LogP contribution in [0.4, 0.5) is 5.69 Å². The molecule has 1 aliphatic carbocycles. The molecule has 0 spiro atoms. The molecule has 0 saturated heterocycles. The molecule has 0 bridgehead atoms. The molecule has 28 heavy (non-hydrogen) atoms. The number of hydrogen-bond donors (Lipinski definition) is 4. The lowest BCUT2D eigenvalue weighted by molar-refractivity contribution is -0.118. The molecule has 148 valence electrons. The fourth-order valence-corrected chi connectivity index (χ4v) is 3.56. The van der Waals surface area contributed by atoms with Gasteiger partial charge in [0.15, 0.2) is 12.4 Å². The van der Waals surface area contributed by atoms with Gasteiger partial charge in [0.2, 0.25) is 0 Å². The Hall–Kier alpha value is -2.77. The van der Waals surface area contributed by atoms with E-state index in [1.54, 1.807) is 13.2 Å². The van der Waals surface area contributed by atoms with Gasteiger partial charge in [-0.15, -0.1) is 0 Å². The molecule has 1 amide bonds. The minimum absolute atomic E-state index is 0.0123. The van der Waals surface area contributed by atoms with Crippen molar-refractivity contribution in [3.8, 4) is 17.2 Å². The van der Waals surface area contributed by atoms with Crippen LogP contribution in [0, 0.1) is 0 Å². The van der Waals surface area contributed by atoms with Crippen LogP contribution in [0.3, 0.4) is 0 Å². The number of amides is 1. The lowest BCUT2D eigenvalue weighted by Gasteiger charge is -2.25. The highest BCUT2D eigenvalue weighted by Gasteiger charge is 2.42. The quantitative estimate of drug-likeness (QED) is 0.546. The van der Waals surface area contributed by atoms with E-state index in [1.807, 2.05) is 12.1 Å². The summed E-state index contributed by atoms with van der Waals surface area (Å²) in [6.07, 6.45) is 2.15. The summed E-state index contributed by atoms with van der Waals surface area (Å²) in [6, 6.07) is 11.1. The van der Waals surface area contributed by atoms with Crippen molar-refractivity contribution in [3.05, 3.63) is 47.5 Å². The number of hydrogen-bond acceptors (Lipinski definition) is 6. The van der Waals surface area contributed by atoms with Crippen molar-refractivity contribution in [3.63, 3.8) is 0 Å². The molecule has 1 atom stereocenters. The molecule has 1 aliphatic heterocycles. The van der Waals surface area contributed by atoms with E-state index in [0.29, 0.717) is 17.9 Å². The summed E-state index contributed by atoms with van der Waals surface area (Å²) in [5, 5.41) is 26.7. The Labute approximate surface area is 163 Å². The van der Waals surface area contributed by atoms with E-state index in [-0.39, 0.29) is 29.5 Å². The molecule has 1 fully saturated rings. The normalized spacial score (nSPS) is 17.9. The minimum Gasteiger partial charge on any atom is -0.506 e. The molecule has 4 N–H and O–H groups in total. The summed E-state index contributed by atoms with van der Waals surface area (Å²) < 4.78 is 10.7. The van der Waals surface area contributed by atoms with Crippen LogP contribution in [0.25, 0.3) is 0 Å². The van der Waals surface area contributed by atoms with Crippen molar-refractivity contribution >= 4 is 11.6 Å². The molecule has 4 rings (SSSR count). The average Bonchev–Trinajstić information content (AvgIpc) is 3.47. The molecule has 2 aromatic carbocycles. The van der Waals surface area contributed by atoms with E-state index in [1.165, 1.54) is 11.6 Å². The number of carbonyl (C=O) groups is 1. The second-order valence-corrected chi connectivity index (χ2v) is 7.42. The second-order valence-electron chi connectivity index (χ2n) is 7.42. The number of anilines is 1. The number of rotatable bonds is 7. The number of benzene rings is 2. The van der Waals surface area contributed by atoms with Gasteiger partial charge in [0, 0.05) is 17.6 Å². The number of nitrogens with one attached hydrogen (secondary N) is 2. The molecule has 1 saturated carbocycles. The average molecular weight is 384 g/mol. The van der Waals surface area contributed by atoms with Crippen molar-refractivity contribution in [1.29, 1.82) is 0 Å². The highest BCUT2D eigenvalue weighted by atomic mass is 16.5. The van der Waals surface area contributed by atoms with Crippen LogP contribution in [0.5, 0.6) is 17.2 Å². The summed E-state index contributed by atoms with van der Waals surface area (Å²) >= 11 is 0. The number of aliphatic hydroxyl groups is 1. The van der Waals surface area contributed by atoms with Crippen LogP contribution in [0.2, 0.25) is 0 Å². The maximum Gasteiger partial charge on any atom is 0.262 e. The zero-order valence-electron chi connectivity index (χ0n) is 15.7. The zero-order chi connectivity index (χ0) is 19.7. The van der Waals surface area contributed by atoms with E-state index in [0.717, 1.165) is 25.0 Å². The van der Waals surface area contributed by atoms with E-state index in [4.69, 9.17) is 9.47 Å². The van der Waals surface area contributed by atoms with Gasteiger partial charge in [-0.2, -0.15) is 0 Å². The first-order valence-electron chi connectivity index (χ1n) is 9.34. The first kappa shape index (κ1) is 18.6. The predicted octanol–water partition coefficient (Wildman–Crippen LogP) is 2.13. The van der Waals surface area contributed by atoms with E-state index in [2.05, 4.69) is 22.8 Å². The molecule has 1 unspecified atom stereocenters. The molecule has 1 heterocycles. The fourth-order valence-electron chi connectivity index (χ4n) is 3.56. The van der Waals surface area contributed by atoms with Gasteiger partial charge in [0.05, 0.1) is 13.2 Å². The van der Waals surface area contributed by atoms with Gasteiger partial charge in [-0.3, -0.25) is 4.79 Å². The first-order chi connectivity index (χ1) is 13.5. The van der Waals surface area contributed by atoms with Gasteiger partial charge >= 0.3 is 0 Å². The van der Waals surface area contributed by atoms with Crippen LogP contribution >= 0.6 is 0 Å². The Balaban J connectivity index is 1.42. The van der Waals surface area contributed by atoms with Gasteiger partial charge < -0.3 is 30.3 Å². The molecule has 7 nitrogen and oxygen atoms in total. The number of phenols is 1. The van der Waals surface area contributed by atoms with E-state index in [9.17, 15) is 15.0 Å². The third-order valence-corrected chi connectivity index (χ3v) is 5.36. The van der Waals surface area contributed by atoms with Gasteiger partial charge in [-0.05, 0) is 49.1 Å². The summed E-state index contributed by atoms with van der Waals surface area (Å²) in [7, 11) is 1.65. The number of carbonyl (C=O) groups excluding carboxylic acids is 1. The number of methoxy groups -OCH3 is 1. The van der Waals surface area contributed by atoms with Gasteiger partial charge in [0.1, 0.15) is 17.2 Å². The van der Waals surface area contributed by atoms with Gasteiger partial charge in [-0.1, -0.05) is 12.1 Å². The standard InChI is InChI=1S/C21H24N2O5/c1-27-14-4-2-13(3-5-14)10-21(8-9-21)22-11-17(25)15-6-7-16(24)19-20(15)28-12-18(26)23-19/h2-7,17,22,24-25H,8-12H2,1H3,(H,23,26). The SMILES string of the molecule is COc1ccc(CC2(NCC(O)c3ccc(O)c4c3OCC(=O)N4)CC2)cc1. The molecule has 7 heteroatoms. The highest BCUT2D eigenvalue weighted by molar-refractivity contribution is 5.97. The third-order valence-electron chi connectivity index (χ3n) is 5.36. The van der Waals surface area contributed by atoms with Crippen LogP contribution in [0.15, 0.2) is 36.4 Å². The van der Waals surface area contributed by atoms with Gasteiger partial charge in [-0.25, -0.2) is 0 Å². The van der Waals surface area contributed by atoms with Crippen LogP contribution < -0.4 is 20.1 Å². The van der Waals surface area contributed by atoms with Crippen LogP contribution in [-0.2, 0) is 11.2 Å². The Bertz CT molecular complexity index is 877. The van der Waals surface area contributed by atoms with E-state index < -0.39 is 6.10 Å². The van der Waals surface area contributed by atoms with Crippen molar-refractivity contribution in [2.24, 2.45) is 0 Å². The fraction of sp³-hybridized carbons (Fsp3) is 0.381. The number of aliphatic hydroxyl groups excluding tert-OH is 1. The highest BCUT2D eigenvalue weighted by Crippen LogP contribution is 2.43. The molecule has 2 aliphatic rings. The number of phenolic OH excluding ortho intramolecular Hbond substituents is 1. The topological polar surface area (TPSA) is 100 Å². The molecule has 0 aromatic heterocycles. The number of β-amino-alcohol motifs (C(OH)–C–C–N with tert-alkyl or cyclic N) is 1. The monoisotopic (exact) mass is 384 g/mol. The summed E-state index contributed by atoms with van der Waals surface area (Å²) in [5.41, 5.74) is 1.96. The molecular formula is C21H24N2O5. The third kappa shape index (κ3) is 3.76. The van der Waals surface area contributed by atoms with Crippen LogP contribution in [-0.4, -0.2) is 41.9 Å². The maximum atomic E-state index is 11.5. The first-order valence-corrected chi connectivity index (χ1v) is 9.34. The Morgan fingerprint density at radius 3 is 2.68 bits per heavy atom. The second kappa shape index (κ2) is 7.33. The zero-order valence-corrected chi connectivity index (χ0v) is 15.7. The predicted molar refractivity (Wildman–Crippen MR) is 104 cm³/mol. The van der Waals surface area contributed by atoms with Crippen molar-refractivity contribution in [2.75, 3.05) is 25.6 Å². The molecule has 2 aromatic rings. The van der Waals surface area contributed by atoms with Crippen molar-refractivity contribution in [1.82, 2.24) is 5.32 Å². The Morgan fingerprint density at radius 2 is 2.00 bits per heavy atom. The van der Waals surface area contributed by atoms with Crippen molar-refractivity contribution in [2.45, 2.75) is 30.9 Å². The van der Waals surface area contributed by atoms with Crippen LogP contribution in [0.1, 0.15) is 30.1 Å². The summed E-state index contributed by atoms with van der Waals surface area (Å²) in [5.74, 6) is 0.754. The summed E-state index contributed by atoms with van der Waals surface area (Å²) in [6.45, 7) is 0.218. The number of ether oxygens (including phenoxy) is 2. The lowest BCUT2D eigenvalue weighted by Crippen LogP contribution is -2.37. The maximum absolute atomic E-state index is 11.5. The van der Waals surface area contributed by atoms with E-state index >= 15 is 0 Å². The van der Waals surface area contributed by atoms with Crippen molar-refractivity contribution < 1.29 is 24.5 Å². The smallest absolute Gasteiger partial charge is 0.262 e. The lowest BCUT2D eigenvalue weighted by atomic mass is 10.0. The molecule has 0 radical (unpaired) electrons. The minimum atomic E-state index is -0.822. The number of aromatic hydroxyl groups is 1. The molecular weight excluding hydrogens is 360 g/mol. The Morgan fingerprint density at radius 1 is 1.25 bits per heavy atom. The summed E-state index contributed by atoms with van der Waals surface area (Å²) in [4.78, 5) is 11.5. The number of fused-ring (bicyclic) bond motifs is 1. The van der Waals surface area contributed by atoms with Gasteiger partial charge in [0.25, 0.3) is 5.91 Å². The Kier molecular flexibility index (Phi) is 4.87.